The summed E-state index contributed by atoms with van der Waals surface area (Å²) in [6.07, 6.45) is -10.00. The molecule has 3 saturated heterocycles. The van der Waals surface area contributed by atoms with Crippen LogP contribution in [0, 0.1) is 23.7 Å². The highest BCUT2D eigenvalue weighted by atomic mass is 16.8. The summed E-state index contributed by atoms with van der Waals surface area (Å²) in [4.78, 5) is 76.0. The van der Waals surface area contributed by atoms with Crippen molar-refractivity contribution in [1.29, 1.82) is 0 Å². The number of azide groups is 1. The van der Waals surface area contributed by atoms with Crippen LogP contribution in [0.3, 0.4) is 0 Å². The predicted molar refractivity (Wildman–Crippen MR) is 203 cm³/mol. The van der Waals surface area contributed by atoms with E-state index in [0.29, 0.717) is 25.8 Å². The van der Waals surface area contributed by atoms with Gasteiger partial charge in [-0.05, 0) is 24.3 Å². The van der Waals surface area contributed by atoms with Crippen LogP contribution in [0.25, 0.3) is 10.4 Å². The van der Waals surface area contributed by atoms with E-state index in [1.54, 1.807) is 13.8 Å². The molecule has 3 aliphatic rings. The molecule has 0 aromatic rings. The van der Waals surface area contributed by atoms with Gasteiger partial charge in [0.2, 0.25) is 0 Å². The van der Waals surface area contributed by atoms with E-state index in [-0.39, 0.29) is 38.3 Å². The molecule has 0 spiro atoms. The molecule has 0 aromatic heterocycles. The number of carbonyl (C=O) groups excluding carboxylic acids is 6. The summed E-state index contributed by atoms with van der Waals surface area (Å²) in [7, 11) is 0. The van der Waals surface area contributed by atoms with Crippen molar-refractivity contribution in [2.75, 3.05) is 33.0 Å². The summed E-state index contributed by atoms with van der Waals surface area (Å²) in [6.45, 7) is 14.2. The van der Waals surface area contributed by atoms with Crippen molar-refractivity contribution in [3.05, 3.63) is 10.4 Å². The lowest BCUT2D eigenvalue weighted by molar-refractivity contribution is -0.367. The second kappa shape index (κ2) is 24.4. The Morgan fingerprint density at radius 3 is 1.33 bits per heavy atom. The first-order valence-electron chi connectivity index (χ1n) is 20.2. The summed E-state index contributed by atoms with van der Waals surface area (Å²) in [6, 6.07) is 0. The second-order valence-electron chi connectivity index (χ2n) is 15.3. The normalized spacial score (nSPS) is 33.9. The van der Waals surface area contributed by atoms with Crippen LogP contribution in [0.4, 0.5) is 0 Å². The smallest absolute Gasteiger partial charge is 0.303 e. The fourth-order valence-corrected chi connectivity index (χ4v) is 7.37. The Labute approximate surface area is 349 Å². The van der Waals surface area contributed by atoms with Gasteiger partial charge < -0.3 is 56.8 Å². The topological polar surface area (TPSA) is 262 Å². The fourth-order valence-electron chi connectivity index (χ4n) is 7.37. The zero-order valence-corrected chi connectivity index (χ0v) is 36.0. The molecule has 3 rings (SSSR count). The lowest BCUT2D eigenvalue weighted by Crippen LogP contribution is -2.63. The third-order valence-electron chi connectivity index (χ3n) is 10.6. The Kier molecular flexibility index (Phi) is 20.4. The molecule has 60 heavy (non-hydrogen) atoms. The third kappa shape index (κ3) is 15.1. The van der Waals surface area contributed by atoms with Gasteiger partial charge in [-0.3, -0.25) is 28.8 Å². The van der Waals surface area contributed by atoms with Crippen molar-refractivity contribution in [3.8, 4) is 0 Å². The van der Waals surface area contributed by atoms with Crippen LogP contribution in [0.1, 0.15) is 88.5 Å². The Bertz CT molecular complexity index is 1500. The van der Waals surface area contributed by atoms with Gasteiger partial charge in [0.05, 0.1) is 18.3 Å². The molecular formula is C39H61N3O18. The van der Waals surface area contributed by atoms with Gasteiger partial charge in [-0.2, -0.15) is 0 Å². The molecule has 0 bridgehead atoms. The zero-order valence-electron chi connectivity index (χ0n) is 36.0. The number of esters is 6. The monoisotopic (exact) mass is 859 g/mol. The van der Waals surface area contributed by atoms with Crippen molar-refractivity contribution >= 4 is 35.8 Å². The van der Waals surface area contributed by atoms with Gasteiger partial charge in [-0.25, -0.2) is 0 Å². The molecule has 0 radical (unpaired) electrons. The van der Waals surface area contributed by atoms with Crippen LogP contribution < -0.4 is 0 Å². The minimum atomic E-state index is -1.40. The first-order chi connectivity index (χ1) is 28.3. The molecule has 15 atom stereocenters. The van der Waals surface area contributed by atoms with Gasteiger partial charge in [0.15, 0.2) is 37.2 Å². The average molecular weight is 860 g/mol. The lowest BCUT2D eigenvalue weighted by Gasteiger charge is -2.50. The first-order valence-corrected chi connectivity index (χ1v) is 20.2. The van der Waals surface area contributed by atoms with E-state index in [2.05, 4.69) is 10.0 Å². The molecule has 0 N–H and O–H groups in total. The maximum Gasteiger partial charge on any atom is 0.303 e. The van der Waals surface area contributed by atoms with Crippen LogP contribution >= 0.6 is 0 Å². The Balaban J connectivity index is 1.99. The fraction of sp³-hybridized carbons (Fsp3) is 0.846. The van der Waals surface area contributed by atoms with Crippen molar-refractivity contribution in [2.24, 2.45) is 28.8 Å². The van der Waals surface area contributed by atoms with Crippen molar-refractivity contribution < 1.29 is 85.6 Å². The van der Waals surface area contributed by atoms with Crippen LogP contribution in [-0.4, -0.2) is 136 Å². The van der Waals surface area contributed by atoms with Gasteiger partial charge >= 0.3 is 35.8 Å². The zero-order chi connectivity index (χ0) is 44.7. The second-order valence-corrected chi connectivity index (χ2v) is 15.3. The molecule has 0 aromatic carbocycles. The van der Waals surface area contributed by atoms with Gasteiger partial charge in [-0.15, -0.1) is 0 Å². The van der Waals surface area contributed by atoms with E-state index in [0.717, 1.165) is 0 Å². The molecule has 3 aliphatic heterocycles. The number of hydrogen-bond donors (Lipinski definition) is 0. The predicted octanol–water partition coefficient (Wildman–Crippen LogP) is 3.46. The average Bonchev–Trinajstić information content (AvgIpc) is 3.16. The molecular weight excluding hydrogens is 798 g/mol. The van der Waals surface area contributed by atoms with Gasteiger partial charge in [0, 0.05) is 77.4 Å². The molecule has 3 fully saturated rings. The van der Waals surface area contributed by atoms with Crippen molar-refractivity contribution in [3.63, 3.8) is 0 Å². The van der Waals surface area contributed by atoms with Crippen LogP contribution in [-0.2, 0) is 85.6 Å². The summed E-state index contributed by atoms with van der Waals surface area (Å²) in [5.74, 6) is -5.83. The van der Waals surface area contributed by atoms with E-state index in [4.69, 9.17) is 62.4 Å². The van der Waals surface area contributed by atoms with Gasteiger partial charge in [0.1, 0.15) is 32.0 Å². The number of nitrogens with zero attached hydrogens (tertiary/aromatic N) is 3. The molecule has 21 heteroatoms. The molecule has 0 aliphatic carbocycles. The largest absolute Gasteiger partial charge is 0.463 e. The van der Waals surface area contributed by atoms with Crippen LogP contribution in [0.2, 0.25) is 0 Å². The number of rotatable bonds is 20. The molecule has 340 valence electrons. The van der Waals surface area contributed by atoms with E-state index < -0.39 is 115 Å². The van der Waals surface area contributed by atoms with E-state index >= 15 is 0 Å². The number of ether oxygens (including phenoxy) is 12. The lowest BCUT2D eigenvalue weighted by atomic mass is 9.83. The molecule has 0 amide bonds. The quantitative estimate of drug-likeness (QED) is 0.0424. The molecule has 6 unspecified atom stereocenters. The van der Waals surface area contributed by atoms with E-state index in [9.17, 15) is 28.8 Å². The molecule has 21 nitrogen and oxygen atoms in total. The highest BCUT2D eigenvalue weighted by Gasteiger charge is 2.55. The maximum absolute atomic E-state index is 12.7. The minimum absolute atomic E-state index is 0.109. The van der Waals surface area contributed by atoms with Crippen molar-refractivity contribution in [2.45, 2.75) is 156 Å². The summed E-state index contributed by atoms with van der Waals surface area (Å²) in [5, 5.41) is 3.52. The van der Waals surface area contributed by atoms with Crippen LogP contribution in [0.5, 0.6) is 0 Å². The Morgan fingerprint density at radius 1 is 0.500 bits per heavy atom. The third-order valence-corrected chi connectivity index (χ3v) is 10.6. The highest BCUT2D eigenvalue weighted by Crippen LogP contribution is 2.40. The standard InChI is InChI=1S/C39H61N3O18/c1-19-20(2)34(53-26(8)46)38(56-29(19)16-50-23(5)43)59-33-22(4)36(55-28(10)48)39(58-31(33)18-52-25(7)45)60-32-21(3)35(54-27(9)47)37(57-30(32)17-51-24(6)44)49-15-13-11-12-14-41-42-40/h19-22,29-39H,11-18H2,1-10H3/t19-,20-,21-,22-,29?,30?,31?,32-,33-,34?,35?,36?,37+,38-,39-/m0/s1. The van der Waals surface area contributed by atoms with Crippen LogP contribution in [0.15, 0.2) is 5.11 Å². The first kappa shape index (κ1) is 50.2. The number of hydrogen-bond acceptors (Lipinski definition) is 19. The van der Waals surface area contributed by atoms with Crippen molar-refractivity contribution in [1.82, 2.24) is 0 Å². The minimum Gasteiger partial charge on any atom is -0.463 e. The van der Waals surface area contributed by atoms with E-state index in [1.807, 2.05) is 13.8 Å². The summed E-state index contributed by atoms with van der Waals surface area (Å²) >= 11 is 0. The van der Waals surface area contributed by atoms with Gasteiger partial charge in [-0.1, -0.05) is 39.2 Å². The highest BCUT2D eigenvalue weighted by molar-refractivity contribution is 5.67. The maximum atomic E-state index is 12.7. The molecule has 3 heterocycles. The Morgan fingerprint density at radius 2 is 0.900 bits per heavy atom. The summed E-state index contributed by atoms with van der Waals surface area (Å²) < 4.78 is 71.6. The molecule has 0 saturated carbocycles. The number of carbonyl (C=O) groups is 6. The number of unbranched alkanes of at least 4 members (excludes halogenated alkanes) is 2. The van der Waals surface area contributed by atoms with E-state index in [1.165, 1.54) is 41.5 Å². The van der Waals surface area contributed by atoms with Gasteiger partial charge in [0.25, 0.3) is 0 Å². The SMILES string of the molecule is CC(=O)OCC1O[C@@H](O[C@@H]2C(COC(C)=O)O[C@@H](O[C@@H]3C(COC(C)=O)O[C@@H](OCCCCCN=[N+]=[N-])C(OC(C)=O)[C@H]3C)C(OC(C)=O)[C@H]2C)C(OC(C)=O)[C@@H](C)[C@@H]1C. The summed E-state index contributed by atoms with van der Waals surface area (Å²) in [5.41, 5.74) is 8.52. The Hall–Kier alpha value is -4.11.